The van der Waals surface area contributed by atoms with Crippen LogP contribution in [0.25, 0.3) is 0 Å². The Labute approximate surface area is 255 Å². The Morgan fingerprint density at radius 1 is 1.20 bits per heavy atom. The Kier molecular flexibility index (Phi) is 7.61. The van der Waals surface area contributed by atoms with E-state index in [0.717, 1.165) is 17.7 Å². The predicted octanol–water partition coefficient (Wildman–Crippen LogP) is 4.03. The fourth-order valence-corrected chi connectivity index (χ4v) is 10.2. The third-order valence-electron chi connectivity index (χ3n) is 9.85. The lowest BCUT2D eigenvalue weighted by molar-refractivity contribution is -0.385. The second kappa shape index (κ2) is 11.0. The summed E-state index contributed by atoms with van der Waals surface area (Å²) in [6.45, 7) is 5.87. The van der Waals surface area contributed by atoms with Gasteiger partial charge in [0.1, 0.15) is 0 Å². The number of halogens is 1. The van der Waals surface area contributed by atoms with E-state index in [1.165, 1.54) is 36.2 Å². The van der Waals surface area contributed by atoms with Crippen LogP contribution in [0.2, 0.25) is 18.6 Å². The molecule has 0 radical (unpaired) electrons. The summed E-state index contributed by atoms with van der Waals surface area (Å²) in [5, 5.41) is 21.6. The van der Waals surface area contributed by atoms with E-state index in [1.54, 1.807) is 16.7 Å². The van der Waals surface area contributed by atoms with Crippen LogP contribution in [0.15, 0.2) is 42.5 Å². The second-order valence-corrected chi connectivity index (χ2v) is 16.7. The van der Waals surface area contributed by atoms with Gasteiger partial charge in [-0.1, -0.05) is 19.1 Å². The van der Waals surface area contributed by atoms with Crippen molar-refractivity contribution in [1.82, 2.24) is 4.90 Å². The first-order valence-corrected chi connectivity index (χ1v) is 18.1. The van der Waals surface area contributed by atoms with Gasteiger partial charge in [0.25, 0.3) is 11.6 Å². The summed E-state index contributed by atoms with van der Waals surface area (Å²) in [5.74, 6) is -1.42. The van der Waals surface area contributed by atoms with Gasteiger partial charge in [-0.3, -0.25) is 24.5 Å². The highest BCUT2D eigenvalue weighted by Gasteiger charge is 2.67. The maximum atomic E-state index is 16.2. The molecule has 4 aliphatic heterocycles. The van der Waals surface area contributed by atoms with Gasteiger partial charge in [-0.25, -0.2) is 0 Å². The lowest BCUT2D eigenvalue weighted by atomic mass is 9.82. The highest BCUT2D eigenvalue weighted by Crippen LogP contribution is 2.60. The van der Waals surface area contributed by atoms with E-state index < -0.39 is 42.4 Å². The number of nitrogens with zero attached hydrogens (tertiary/aromatic N) is 4. The van der Waals surface area contributed by atoms with Gasteiger partial charge in [-0.2, -0.15) is 0 Å². The van der Waals surface area contributed by atoms with E-state index in [-0.39, 0.29) is 43.1 Å². The summed E-state index contributed by atoms with van der Waals surface area (Å²) in [6.07, 6.45) is 0.833. The minimum atomic E-state index is -3.57. The molecule has 11 nitrogen and oxygen atoms in total. The monoisotopic (exact) mass is 624 g/mol. The molecule has 5 atom stereocenters. The van der Waals surface area contributed by atoms with Crippen LogP contribution in [0.3, 0.4) is 0 Å². The SMILES string of the molecule is C[C@@H]1[C@@H]([Si](C)(C)F)[C@H](CC(=O)N2CCC[C@H]2CO)O[C@@]12C(=O)N(Cc1cccc(N3CCC3=O)c1)c1ccc([N+](=O)[O-])cc12. The molecule has 3 saturated heterocycles. The van der Waals surface area contributed by atoms with E-state index >= 15 is 4.11 Å². The van der Waals surface area contributed by atoms with Crippen molar-refractivity contribution >= 4 is 43.2 Å². The molecule has 0 unspecified atom stereocenters. The van der Waals surface area contributed by atoms with Gasteiger partial charge >= 0.3 is 0 Å². The summed E-state index contributed by atoms with van der Waals surface area (Å²) in [4.78, 5) is 56.3. The van der Waals surface area contributed by atoms with Crippen molar-refractivity contribution in [1.29, 1.82) is 0 Å². The minimum Gasteiger partial charge on any atom is -0.394 e. The lowest BCUT2D eigenvalue weighted by Gasteiger charge is -2.32. The molecule has 0 saturated carbocycles. The first kappa shape index (κ1) is 30.3. The molecule has 44 heavy (non-hydrogen) atoms. The Morgan fingerprint density at radius 2 is 1.98 bits per heavy atom. The molecule has 1 N–H and O–H groups in total. The third kappa shape index (κ3) is 4.81. The number of hydrogen-bond acceptors (Lipinski definition) is 7. The van der Waals surface area contributed by atoms with E-state index in [9.17, 15) is 29.6 Å². The molecular formula is C31H37FN4O7Si. The molecule has 2 aromatic carbocycles. The average molecular weight is 625 g/mol. The van der Waals surface area contributed by atoms with Gasteiger partial charge in [0, 0.05) is 54.4 Å². The number of non-ortho nitro benzene ring substituents is 1. The number of hydrogen-bond donors (Lipinski definition) is 1. The maximum absolute atomic E-state index is 16.2. The van der Waals surface area contributed by atoms with Gasteiger partial charge < -0.3 is 28.7 Å². The van der Waals surface area contributed by atoms with Crippen LogP contribution in [0.1, 0.15) is 43.7 Å². The largest absolute Gasteiger partial charge is 0.394 e. The molecule has 13 heteroatoms. The lowest BCUT2D eigenvalue weighted by Crippen LogP contribution is -2.45. The first-order valence-electron chi connectivity index (χ1n) is 15.1. The number of carbonyl (C=O) groups is 3. The third-order valence-corrected chi connectivity index (χ3v) is 12.3. The van der Waals surface area contributed by atoms with Crippen molar-refractivity contribution < 1.29 is 33.3 Å². The number of aliphatic hydroxyl groups excluding tert-OH is 1. The number of fused-ring (bicyclic) bond motifs is 2. The normalized spacial score (nSPS) is 28.2. The number of carbonyl (C=O) groups excluding carboxylic acids is 3. The highest BCUT2D eigenvalue weighted by molar-refractivity contribution is 6.72. The summed E-state index contributed by atoms with van der Waals surface area (Å²) in [7, 11) is -3.57. The van der Waals surface area contributed by atoms with E-state index in [1.807, 2.05) is 24.3 Å². The molecule has 0 aromatic heterocycles. The summed E-state index contributed by atoms with van der Waals surface area (Å²) in [5.41, 5.74) is -0.495. The quantitative estimate of drug-likeness (QED) is 0.154. The smallest absolute Gasteiger partial charge is 0.269 e. The molecule has 2 aromatic rings. The standard InChI is InChI=1S/C31H37FN4O7Si/c1-19-29(44(2,3)32)26(16-28(39)33-12-5-8-23(33)18-37)43-31(19)24-15-22(36(41)42)9-10-25(24)35(30(31)40)17-20-6-4-7-21(14-20)34-13-11-27(34)38/h4,6-7,9-10,14-15,19,23,26,29,37H,5,8,11-13,16-18H2,1-3H3/t19-,23+,26+,29-,31+/m1/s1. The molecule has 0 aliphatic carbocycles. The van der Waals surface area contributed by atoms with E-state index in [0.29, 0.717) is 37.2 Å². The van der Waals surface area contributed by atoms with Gasteiger partial charge in [-0.15, -0.1) is 0 Å². The number of nitro groups is 1. The van der Waals surface area contributed by atoms with Crippen LogP contribution in [0, 0.1) is 16.0 Å². The number of aliphatic hydroxyl groups is 1. The Morgan fingerprint density at radius 3 is 2.61 bits per heavy atom. The average Bonchev–Trinajstić information content (AvgIpc) is 3.62. The number of β-lactam (4-membered cyclic amide) rings is 1. The predicted molar refractivity (Wildman–Crippen MR) is 162 cm³/mol. The zero-order valence-corrected chi connectivity index (χ0v) is 26.1. The molecule has 3 amide bonds. The topological polar surface area (TPSA) is 134 Å². The van der Waals surface area contributed by atoms with Crippen molar-refractivity contribution in [2.75, 3.05) is 29.5 Å². The highest BCUT2D eigenvalue weighted by atomic mass is 28.4. The number of nitro benzene ring substituents is 1. The number of ether oxygens (including phenoxy) is 1. The molecule has 4 heterocycles. The van der Waals surface area contributed by atoms with Crippen LogP contribution < -0.4 is 9.80 Å². The van der Waals surface area contributed by atoms with E-state index in [2.05, 4.69) is 0 Å². The molecule has 6 rings (SSSR count). The molecule has 234 valence electrons. The fourth-order valence-electron chi connectivity index (χ4n) is 7.74. The summed E-state index contributed by atoms with van der Waals surface area (Å²) < 4.78 is 22.8. The van der Waals surface area contributed by atoms with Crippen molar-refractivity contribution in [2.24, 2.45) is 5.92 Å². The van der Waals surface area contributed by atoms with Gasteiger partial charge in [0.15, 0.2) is 5.60 Å². The second-order valence-electron chi connectivity index (χ2n) is 12.9. The van der Waals surface area contributed by atoms with Crippen LogP contribution in [0.5, 0.6) is 0 Å². The van der Waals surface area contributed by atoms with Crippen LogP contribution >= 0.6 is 0 Å². The van der Waals surface area contributed by atoms with E-state index in [4.69, 9.17) is 4.74 Å². The van der Waals surface area contributed by atoms with Crippen LogP contribution in [0.4, 0.5) is 21.2 Å². The Bertz CT molecular complexity index is 1530. The number of benzene rings is 2. The molecule has 1 spiro atoms. The van der Waals surface area contributed by atoms with Gasteiger partial charge in [0.05, 0.1) is 42.3 Å². The Hall–Kier alpha value is -3.68. The number of anilines is 2. The molecule has 3 fully saturated rings. The first-order chi connectivity index (χ1) is 20.9. The van der Waals surface area contributed by atoms with Crippen LogP contribution in [-0.2, 0) is 31.3 Å². The zero-order chi connectivity index (χ0) is 31.6. The molecular weight excluding hydrogens is 587 g/mol. The zero-order valence-electron chi connectivity index (χ0n) is 25.1. The number of likely N-dealkylation sites (tertiary alicyclic amines) is 1. The fraction of sp³-hybridized carbons (Fsp3) is 0.516. The van der Waals surface area contributed by atoms with Crippen LogP contribution in [-0.4, -0.2) is 72.9 Å². The molecule has 0 bridgehead atoms. The van der Waals surface area contributed by atoms with Gasteiger partial charge in [-0.05, 0) is 49.7 Å². The maximum Gasteiger partial charge on any atom is 0.269 e. The Balaban J connectivity index is 1.39. The number of rotatable bonds is 8. The summed E-state index contributed by atoms with van der Waals surface area (Å²) >= 11 is 0. The minimum absolute atomic E-state index is 0.0214. The molecule has 4 aliphatic rings. The van der Waals surface area contributed by atoms with Crippen molar-refractivity contribution in [3.05, 3.63) is 63.7 Å². The van der Waals surface area contributed by atoms with Crippen molar-refractivity contribution in [3.8, 4) is 0 Å². The summed E-state index contributed by atoms with van der Waals surface area (Å²) in [6, 6.07) is 11.2. The van der Waals surface area contributed by atoms with Crippen molar-refractivity contribution in [3.63, 3.8) is 0 Å². The van der Waals surface area contributed by atoms with Crippen molar-refractivity contribution in [2.45, 2.75) is 75.5 Å². The number of amides is 3. The van der Waals surface area contributed by atoms with Gasteiger partial charge in [0.2, 0.25) is 20.2 Å².